The van der Waals surface area contributed by atoms with Gasteiger partial charge in [0.25, 0.3) is 5.91 Å². The number of likely N-dealkylation sites (tertiary alicyclic amines) is 1. The lowest BCUT2D eigenvalue weighted by Gasteiger charge is -2.37. The van der Waals surface area contributed by atoms with Crippen LogP contribution in [0.1, 0.15) is 63.9 Å². The van der Waals surface area contributed by atoms with Crippen LogP contribution in [0, 0.1) is 5.92 Å². The third-order valence-corrected chi connectivity index (χ3v) is 4.02. The normalized spacial score (nSPS) is 24.6. The van der Waals surface area contributed by atoms with E-state index < -0.39 is 0 Å². The number of H-pyrrole nitrogens is 1. The maximum Gasteiger partial charge on any atom is 0.293 e. The Morgan fingerprint density at radius 3 is 2.63 bits per heavy atom. The Bertz CT molecular complexity index is 460. The van der Waals surface area contributed by atoms with Crippen LogP contribution in [-0.2, 0) is 5.41 Å². The number of rotatable bonds is 1. The van der Waals surface area contributed by atoms with E-state index in [1.54, 1.807) is 0 Å². The molecule has 2 heterocycles. The third kappa shape index (κ3) is 2.80. The summed E-state index contributed by atoms with van der Waals surface area (Å²) in [4.78, 5) is 18.7. The molecule has 2 atom stereocenters. The van der Waals surface area contributed by atoms with Crippen LogP contribution in [0.25, 0.3) is 0 Å². The summed E-state index contributed by atoms with van der Waals surface area (Å²) in [7, 11) is 0. The topological polar surface area (TPSA) is 61.9 Å². The largest absolute Gasteiger partial charge is 0.333 e. The summed E-state index contributed by atoms with van der Waals surface area (Å²) in [6, 6.07) is 0.262. The summed E-state index contributed by atoms with van der Waals surface area (Å²) in [6.07, 6.45) is 2.25. The molecule has 5 heteroatoms. The van der Waals surface area contributed by atoms with Crippen molar-refractivity contribution in [2.24, 2.45) is 5.92 Å². The van der Waals surface area contributed by atoms with Crippen molar-refractivity contribution in [2.75, 3.05) is 6.54 Å². The van der Waals surface area contributed by atoms with Crippen LogP contribution < -0.4 is 0 Å². The van der Waals surface area contributed by atoms with Crippen molar-refractivity contribution in [3.05, 3.63) is 11.6 Å². The fourth-order valence-electron chi connectivity index (χ4n) is 2.44. The molecular formula is C14H24N4O. The molecule has 1 fully saturated rings. The van der Waals surface area contributed by atoms with Crippen LogP contribution in [0.15, 0.2) is 0 Å². The molecule has 1 N–H and O–H groups in total. The lowest BCUT2D eigenvalue weighted by molar-refractivity contribution is 0.0539. The van der Waals surface area contributed by atoms with Gasteiger partial charge in [-0.15, -0.1) is 5.10 Å². The summed E-state index contributed by atoms with van der Waals surface area (Å²) >= 11 is 0. The Morgan fingerprint density at radius 2 is 2.05 bits per heavy atom. The maximum atomic E-state index is 12.5. The smallest absolute Gasteiger partial charge is 0.293 e. The van der Waals surface area contributed by atoms with E-state index in [1.807, 2.05) is 25.7 Å². The molecule has 0 radical (unpaired) electrons. The van der Waals surface area contributed by atoms with Crippen LogP contribution in [0.4, 0.5) is 0 Å². The number of carbonyl (C=O) groups excluding carboxylic acids is 1. The monoisotopic (exact) mass is 264 g/mol. The molecule has 2 unspecified atom stereocenters. The average molecular weight is 264 g/mol. The van der Waals surface area contributed by atoms with Crippen LogP contribution in [0.3, 0.4) is 0 Å². The fourth-order valence-corrected chi connectivity index (χ4v) is 2.44. The van der Waals surface area contributed by atoms with E-state index in [0.717, 1.165) is 18.8 Å². The van der Waals surface area contributed by atoms with Gasteiger partial charge in [0.1, 0.15) is 5.82 Å². The van der Waals surface area contributed by atoms with Crippen molar-refractivity contribution in [1.29, 1.82) is 0 Å². The number of nitrogens with zero attached hydrogens (tertiary/aromatic N) is 3. The first kappa shape index (κ1) is 14.0. The van der Waals surface area contributed by atoms with Gasteiger partial charge in [-0.25, -0.2) is 4.98 Å². The van der Waals surface area contributed by atoms with Crippen LogP contribution in [-0.4, -0.2) is 38.6 Å². The minimum absolute atomic E-state index is 0.0502. The van der Waals surface area contributed by atoms with Crippen molar-refractivity contribution in [3.63, 3.8) is 0 Å². The third-order valence-electron chi connectivity index (χ3n) is 4.02. The number of aromatic nitrogens is 3. The standard InChI is InChI=1S/C14H24N4O/c1-9-7-6-8-18(10(9)2)12(19)11-15-13(17-16-11)14(3,4)5/h9-10H,6-8H2,1-5H3,(H,15,16,17). The highest BCUT2D eigenvalue weighted by molar-refractivity contribution is 5.90. The van der Waals surface area contributed by atoms with Crippen LogP contribution in [0.2, 0.25) is 0 Å². The Morgan fingerprint density at radius 1 is 1.37 bits per heavy atom. The van der Waals surface area contributed by atoms with Gasteiger partial charge < -0.3 is 4.90 Å². The van der Waals surface area contributed by atoms with Gasteiger partial charge in [-0.05, 0) is 25.7 Å². The Balaban J connectivity index is 2.17. The summed E-state index contributed by atoms with van der Waals surface area (Å²) in [5.41, 5.74) is -0.119. The number of carbonyl (C=O) groups is 1. The number of hydrogen-bond acceptors (Lipinski definition) is 3. The van der Waals surface area contributed by atoms with E-state index in [1.165, 1.54) is 6.42 Å². The van der Waals surface area contributed by atoms with E-state index in [0.29, 0.717) is 11.7 Å². The summed E-state index contributed by atoms with van der Waals surface area (Å²) in [6.45, 7) is 11.3. The van der Waals surface area contributed by atoms with Gasteiger partial charge in [0.05, 0.1) is 0 Å². The molecule has 1 amide bonds. The van der Waals surface area contributed by atoms with Crippen molar-refractivity contribution in [2.45, 2.75) is 58.9 Å². The molecule has 0 saturated carbocycles. The Hall–Kier alpha value is -1.39. The number of piperidine rings is 1. The van der Waals surface area contributed by atoms with Gasteiger partial charge in [-0.3, -0.25) is 9.89 Å². The van der Waals surface area contributed by atoms with Gasteiger partial charge in [-0.1, -0.05) is 27.7 Å². The quantitative estimate of drug-likeness (QED) is 0.847. The van der Waals surface area contributed by atoms with Gasteiger partial charge >= 0.3 is 0 Å². The molecule has 0 aliphatic carbocycles. The van der Waals surface area contributed by atoms with E-state index in [4.69, 9.17) is 0 Å². The van der Waals surface area contributed by atoms with Crippen LogP contribution in [0.5, 0.6) is 0 Å². The molecule has 1 aromatic rings. The van der Waals surface area contributed by atoms with E-state index in [9.17, 15) is 4.79 Å². The molecular weight excluding hydrogens is 240 g/mol. The summed E-state index contributed by atoms with van der Waals surface area (Å²) in [5, 5.41) is 6.97. The zero-order chi connectivity index (χ0) is 14.2. The SMILES string of the molecule is CC1CCCN(C(=O)c2n[nH]c(C(C)(C)C)n2)C1C. The Kier molecular flexibility index (Phi) is 3.65. The predicted octanol–water partition coefficient (Wildman–Crippen LogP) is 2.36. The first-order valence-corrected chi connectivity index (χ1v) is 7.04. The van der Waals surface area contributed by atoms with Gasteiger partial charge in [0.2, 0.25) is 5.82 Å². The van der Waals surface area contributed by atoms with Gasteiger partial charge in [-0.2, -0.15) is 0 Å². The van der Waals surface area contributed by atoms with Crippen molar-refractivity contribution in [3.8, 4) is 0 Å². The molecule has 0 spiro atoms. The molecule has 1 saturated heterocycles. The maximum absolute atomic E-state index is 12.5. The Labute approximate surface area is 114 Å². The molecule has 0 aromatic carbocycles. The van der Waals surface area contributed by atoms with E-state index >= 15 is 0 Å². The minimum atomic E-state index is -0.119. The van der Waals surface area contributed by atoms with Crippen molar-refractivity contribution in [1.82, 2.24) is 20.1 Å². The molecule has 19 heavy (non-hydrogen) atoms. The van der Waals surface area contributed by atoms with Gasteiger partial charge in [0, 0.05) is 18.0 Å². The number of amides is 1. The second-order valence-electron chi connectivity index (χ2n) is 6.62. The van der Waals surface area contributed by atoms with E-state index in [-0.39, 0.29) is 17.4 Å². The van der Waals surface area contributed by atoms with Crippen LogP contribution >= 0.6 is 0 Å². The number of aromatic amines is 1. The molecule has 106 valence electrons. The zero-order valence-corrected chi connectivity index (χ0v) is 12.5. The number of hydrogen-bond donors (Lipinski definition) is 1. The zero-order valence-electron chi connectivity index (χ0n) is 12.5. The molecule has 1 aliphatic rings. The predicted molar refractivity (Wildman–Crippen MR) is 74.0 cm³/mol. The number of nitrogens with one attached hydrogen (secondary N) is 1. The summed E-state index contributed by atoms with van der Waals surface area (Å²) in [5.74, 6) is 1.55. The molecule has 5 nitrogen and oxygen atoms in total. The lowest BCUT2D eigenvalue weighted by atomic mass is 9.92. The first-order valence-electron chi connectivity index (χ1n) is 7.04. The molecule has 0 bridgehead atoms. The minimum Gasteiger partial charge on any atom is -0.333 e. The second-order valence-corrected chi connectivity index (χ2v) is 6.62. The first-order chi connectivity index (χ1) is 8.80. The highest BCUT2D eigenvalue weighted by Crippen LogP contribution is 2.24. The highest BCUT2D eigenvalue weighted by Gasteiger charge is 2.31. The van der Waals surface area contributed by atoms with Crippen molar-refractivity contribution >= 4 is 5.91 Å². The second kappa shape index (κ2) is 4.94. The van der Waals surface area contributed by atoms with Crippen molar-refractivity contribution < 1.29 is 4.79 Å². The summed E-state index contributed by atoms with van der Waals surface area (Å²) < 4.78 is 0. The fraction of sp³-hybridized carbons (Fsp3) is 0.786. The molecule has 2 rings (SSSR count). The molecule has 1 aromatic heterocycles. The molecule has 1 aliphatic heterocycles. The lowest BCUT2D eigenvalue weighted by Crippen LogP contribution is -2.46. The van der Waals surface area contributed by atoms with Gasteiger partial charge in [0.15, 0.2) is 0 Å². The highest BCUT2D eigenvalue weighted by atomic mass is 16.2. The van der Waals surface area contributed by atoms with E-state index in [2.05, 4.69) is 29.0 Å². The average Bonchev–Trinajstić information content (AvgIpc) is 2.81.